The highest BCUT2D eigenvalue weighted by Gasteiger charge is 2.13. The fraction of sp³-hybridized carbons (Fsp3) is 0.120. The quantitative estimate of drug-likeness (QED) is 0.327. The summed E-state index contributed by atoms with van der Waals surface area (Å²) < 4.78 is 17.0. The van der Waals surface area contributed by atoms with Crippen LogP contribution in [0.4, 0.5) is 5.69 Å². The van der Waals surface area contributed by atoms with E-state index in [2.05, 4.69) is 21.2 Å². The van der Waals surface area contributed by atoms with Crippen molar-refractivity contribution < 1.29 is 19.0 Å². The van der Waals surface area contributed by atoms with E-state index in [0.29, 0.717) is 39.6 Å². The lowest BCUT2D eigenvalue weighted by atomic mass is 10.1. The highest BCUT2D eigenvalue weighted by atomic mass is 79.9. The molecule has 0 spiro atoms. The topological polar surface area (TPSA) is 80.6 Å². The Morgan fingerprint density at radius 3 is 2.31 bits per heavy atom. The fourth-order valence-electron chi connectivity index (χ4n) is 2.86. The van der Waals surface area contributed by atoms with Crippen molar-refractivity contribution >= 4 is 33.6 Å². The second kappa shape index (κ2) is 11.0. The monoisotopic (exact) mass is 492 g/mol. The number of benzene rings is 3. The maximum atomic E-state index is 12.6. The first-order valence-electron chi connectivity index (χ1n) is 9.65. The Labute approximate surface area is 195 Å². The fourth-order valence-corrected chi connectivity index (χ4v) is 3.30. The molecule has 1 amide bonds. The van der Waals surface area contributed by atoms with Crippen molar-refractivity contribution in [2.75, 3.05) is 19.5 Å². The molecule has 0 saturated carbocycles. The number of halogens is 1. The first-order valence-corrected chi connectivity index (χ1v) is 10.4. The van der Waals surface area contributed by atoms with Crippen molar-refractivity contribution in [1.29, 1.82) is 5.26 Å². The number of carbonyl (C=O) groups excluding carboxylic acids is 1. The summed E-state index contributed by atoms with van der Waals surface area (Å²) in [7, 11) is 3.05. The van der Waals surface area contributed by atoms with E-state index in [4.69, 9.17) is 14.2 Å². The molecule has 0 bridgehead atoms. The molecule has 3 aromatic rings. The molecule has 0 heterocycles. The molecule has 0 radical (unpaired) electrons. The summed E-state index contributed by atoms with van der Waals surface area (Å²) in [4.78, 5) is 12.6. The molecule has 0 aliphatic heterocycles. The lowest BCUT2D eigenvalue weighted by Crippen LogP contribution is -2.13. The summed E-state index contributed by atoms with van der Waals surface area (Å²) in [5, 5.41) is 12.2. The first-order chi connectivity index (χ1) is 15.5. The normalized spacial score (nSPS) is 10.8. The van der Waals surface area contributed by atoms with Crippen LogP contribution < -0.4 is 19.5 Å². The van der Waals surface area contributed by atoms with Gasteiger partial charge in [0.25, 0.3) is 5.91 Å². The molecule has 6 nitrogen and oxygen atoms in total. The Morgan fingerprint density at radius 2 is 1.69 bits per heavy atom. The van der Waals surface area contributed by atoms with Crippen molar-refractivity contribution in [1.82, 2.24) is 0 Å². The minimum Gasteiger partial charge on any atom is -0.493 e. The largest absolute Gasteiger partial charge is 0.493 e. The van der Waals surface area contributed by atoms with Gasteiger partial charge in [0, 0.05) is 10.2 Å². The number of amides is 1. The molecule has 0 saturated heterocycles. The minimum atomic E-state index is -0.521. The van der Waals surface area contributed by atoms with Crippen molar-refractivity contribution in [3.05, 3.63) is 87.9 Å². The Morgan fingerprint density at radius 1 is 1.03 bits per heavy atom. The third kappa shape index (κ3) is 5.90. The molecular formula is C25H21BrN2O4. The van der Waals surface area contributed by atoms with E-state index >= 15 is 0 Å². The molecule has 162 valence electrons. The van der Waals surface area contributed by atoms with Crippen LogP contribution in [0.3, 0.4) is 0 Å². The van der Waals surface area contributed by atoms with Gasteiger partial charge in [-0.2, -0.15) is 5.26 Å². The van der Waals surface area contributed by atoms with E-state index in [-0.39, 0.29) is 5.57 Å². The number of hydrogen-bond donors (Lipinski definition) is 1. The van der Waals surface area contributed by atoms with E-state index < -0.39 is 5.91 Å². The van der Waals surface area contributed by atoms with Crippen LogP contribution in [0.5, 0.6) is 17.2 Å². The van der Waals surface area contributed by atoms with Gasteiger partial charge < -0.3 is 19.5 Å². The summed E-state index contributed by atoms with van der Waals surface area (Å²) in [5.74, 6) is 1.18. The van der Waals surface area contributed by atoms with Gasteiger partial charge in [0.15, 0.2) is 11.5 Å². The number of carbonyl (C=O) groups is 1. The average molecular weight is 493 g/mol. The minimum absolute atomic E-state index is 0.0534. The molecule has 3 rings (SSSR count). The average Bonchev–Trinajstić information content (AvgIpc) is 2.83. The van der Waals surface area contributed by atoms with Crippen LogP contribution in [0.1, 0.15) is 11.1 Å². The standard InChI is InChI=1S/C25H21BrN2O4/c1-30-23-13-18(22(26)14-24(23)31-2)12-19(15-27)25(29)28-20-8-10-21(11-9-20)32-16-17-6-4-3-5-7-17/h3-14H,16H2,1-2H3,(H,28,29)/b19-12+. The maximum Gasteiger partial charge on any atom is 0.266 e. The van der Waals surface area contributed by atoms with Gasteiger partial charge in [-0.25, -0.2) is 0 Å². The predicted octanol–water partition coefficient (Wildman–Crippen LogP) is 5.59. The summed E-state index contributed by atoms with van der Waals surface area (Å²) in [6, 6.07) is 22.2. The number of nitrogens with one attached hydrogen (secondary N) is 1. The number of ether oxygens (including phenoxy) is 3. The lowest BCUT2D eigenvalue weighted by molar-refractivity contribution is -0.112. The number of methoxy groups -OCH3 is 2. The van der Waals surface area contributed by atoms with Crippen LogP contribution in [-0.4, -0.2) is 20.1 Å². The molecule has 32 heavy (non-hydrogen) atoms. The zero-order chi connectivity index (χ0) is 22.9. The maximum absolute atomic E-state index is 12.6. The number of nitriles is 1. The summed E-state index contributed by atoms with van der Waals surface area (Å²) in [6.07, 6.45) is 1.48. The third-order valence-electron chi connectivity index (χ3n) is 4.53. The van der Waals surface area contributed by atoms with E-state index in [1.165, 1.54) is 20.3 Å². The van der Waals surface area contributed by atoms with Crippen LogP contribution in [0.15, 0.2) is 76.8 Å². The summed E-state index contributed by atoms with van der Waals surface area (Å²) in [5.41, 5.74) is 2.17. The Balaban J connectivity index is 1.69. The smallest absolute Gasteiger partial charge is 0.266 e. The molecule has 1 N–H and O–H groups in total. The van der Waals surface area contributed by atoms with Crippen LogP contribution in [0.25, 0.3) is 6.08 Å². The molecule has 0 aliphatic carbocycles. The second-order valence-electron chi connectivity index (χ2n) is 6.65. The van der Waals surface area contributed by atoms with Crippen molar-refractivity contribution in [2.24, 2.45) is 0 Å². The number of anilines is 1. The van der Waals surface area contributed by atoms with Crippen LogP contribution >= 0.6 is 15.9 Å². The number of hydrogen-bond acceptors (Lipinski definition) is 5. The Bertz CT molecular complexity index is 1150. The predicted molar refractivity (Wildman–Crippen MR) is 127 cm³/mol. The van der Waals surface area contributed by atoms with Crippen LogP contribution in [-0.2, 0) is 11.4 Å². The van der Waals surface area contributed by atoms with E-state index in [0.717, 1.165) is 5.56 Å². The van der Waals surface area contributed by atoms with Crippen LogP contribution in [0.2, 0.25) is 0 Å². The van der Waals surface area contributed by atoms with Crippen molar-refractivity contribution in [3.63, 3.8) is 0 Å². The molecule has 0 fully saturated rings. The number of nitrogens with zero attached hydrogens (tertiary/aromatic N) is 1. The van der Waals surface area contributed by atoms with E-state index in [1.807, 2.05) is 36.4 Å². The van der Waals surface area contributed by atoms with Crippen molar-refractivity contribution in [2.45, 2.75) is 6.61 Å². The summed E-state index contributed by atoms with van der Waals surface area (Å²) >= 11 is 3.43. The molecule has 7 heteroatoms. The van der Waals surface area contributed by atoms with Gasteiger partial charge in [-0.1, -0.05) is 46.3 Å². The van der Waals surface area contributed by atoms with E-state index in [9.17, 15) is 10.1 Å². The van der Waals surface area contributed by atoms with Gasteiger partial charge >= 0.3 is 0 Å². The SMILES string of the molecule is COc1cc(Br)c(/C=C(\C#N)C(=O)Nc2ccc(OCc3ccccc3)cc2)cc1OC. The van der Waals surface area contributed by atoms with Gasteiger partial charge in [0.2, 0.25) is 0 Å². The molecule has 0 aromatic heterocycles. The highest BCUT2D eigenvalue weighted by molar-refractivity contribution is 9.10. The second-order valence-corrected chi connectivity index (χ2v) is 7.51. The van der Waals surface area contributed by atoms with E-state index in [1.54, 1.807) is 36.4 Å². The zero-order valence-corrected chi connectivity index (χ0v) is 19.2. The lowest BCUT2D eigenvalue weighted by Gasteiger charge is -2.10. The highest BCUT2D eigenvalue weighted by Crippen LogP contribution is 2.34. The molecule has 0 atom stereocenters. The van der Waals surface area contributed by atoms with Gasteiger partial charge in [0.05, 0.1) is 14.2 Å². The Kier molecular flexibility index (Phi) is 7.90. The summed E-state index contributed by atoms with van der Waals surface area (Å²) in [6.45, 7) is 0.452. The zero-order valence-electron chi connectivity index (χ0n) is 17.6. The van der Waals surface area contributed by atoms with Crippen LogP contribution in [0, 0.1) is 11.3 Å². The molecule has 0 aliphatic rings. The van der Waals surface area contributed by atoms with Crippen molar-refractivity contribution in [3.8, 4) is 23.3 Å². The first kappa shape index (κ1) is 22.9. The molecule has 3 aromatic carbocycles. The molecule has 0 unspecified atom stereocenters. The van der Waals surface area contributed by atoms with Gasteiger partial charge in [-0.15, -0.1) is 0 Å². The number of rotatable bonds is 8. The van der Waals surface area contributed by atoms with Gasteiger partial charge in [-0.05, 0) is 53.6 Å². The molecular weight excluding hydrogens is 472 g/mol. The van der Waals surface area contributed by atoms with Gasteiger partial charge in [-0.3, -0.25) is 4.79 Å². The Hall–Kier alpha value is -3.76. The van der Waals surface area contributed by atoms with Gasteiger partial charge in [0.1, 0.15) is 24.0 Å². The third-order valence-corrected chi connectivity index (χ3v) is 5.22.